The van der Waals surface area contributed by atoms with Gasteiger partial charge in [-0.05, 0) is 6.42 Å². The monoisotopic (exact) mass is 522 g/mol. The fourth-order valence-corrected chi connectivity index (χ4v) is 7.97. The Kier molecular flexibility index (Phi) is 4.51. The molecule has 1 fully saturated rings. The molecule has 0 aromatic heterocycles. The second kappa shape index (κ2) is 5.16. The number of ether oxygens (including phenoxy) is 2. The molecule has 3 unspecified atom stereocenters. The summed E-state index contributed by atoms with van der Waals surface area (Å²) in [4.78, 5) is 12.9. The van der Waals surface area contributed by atoms with Crippen molar-refractivity contribution in [1.29, 1.82) is 0 Å². The van der Waals surface area contributed by atoms with Gasteiger partial charge in [0.05, 0.1) is 0 Å². The van der Waals surface area contributed by atoms with Gasteiger partial charge >= 0.3 is 0 Å². The zero-order valence-corrected chi connectivity index (χ0v) is 17.1. The summed E-state index contributed by atoms with van der Waals surface area (Å²) in [6, 6.07) is 0. The summed E-state index contributed by atoms with van der Waals surface area (Å²) in [5.74, 6) is -1.26. The van der Waals surface area contributed by atoms with Crippen molar-refractivity contribution in [2.75, 3.05) is 14.2 Å². The Morgan fingerprint density at radius 2 is 1.68 bits per heavy atom. The summed E-state index contributed by atoms with van der Waals surface area (Å²) in [5, 5.41) is 0. The van der Waals surface area contributed by atoms with Crippen LogP contribution in [0.5, 0.6) is 0 Å². The number of Topliss-reactive ketones (excluding diaryl/α,β-unsaturated/α-hetero) is 1. The molecule has 2 aliphatic rings. The first-order valence-corrected chi connectivity index (χ1v) is 9.05. The minimum absolute atomic E-state index is 0.0741. The first kappa shape index (κ1) is 16.6. The molecule has 2 bridgehead atoms. The van der Waals surface area contributed by atoms with Crippen molar-refractivity contribution in [2.24, 2.45) is 5.92 Å². The van der Waals surface area contributed by atoms with Gasteiger partial charge in [-0.15, -0.1) is 0 Å². The molecule has 1 saturated carbocycles. The van der Waals surface area contributed by atoms with Crippen molar-refractivity contribution >= 4 is 69.5 Å². The molecule has 0 amide bonds. The van der Waals surface area contributed by atoms with Gasteiger partial charge in [0.2, 0.25) is 5.79 Å². The van der Waals surface area contributed by atoms with Gasteiger partial charge < -0.3 is 9.47 Å². The van der Waals surface area contributed by atoms with E-state index in [1.165, 1.54) is 0 Å². The molecule has 108 valence electrons. The third-order valence-electron chi connectivity index (χ3n) is 4.04. The first-order valence-electron chi connectivity index (χ1n) is 5.88. The summed E-state index contributed by atoms with van der Waals surface area (Å²) in [6.45, 7) is 2.06. The number of carbonyl (C=O) groups excluding carboxylic acids is 1. The molecule has 19 heavy (non-hydrogen) atoms. The van der Waals surface area contributed by atoms with Crippen LogP contribution in [0.2, 0.25) is 0 Å². The molecule has 2 aliphatic carbocycles. The number of alkyl halides is 2. The molecule has 2 rings (SSSR count). The molecule has 0 spiro atoms. The van der Waals surface area contributed by atoms with Crippen molar-refractivity contribution in [1.82, 2.24) is 0 Å². The Labute approximate surface area is 146 Å². The van der Waals surface area contributed by atoms with Crippen molar-refractivity contribution in [3.8, 4) is 0 Å². The van der Waals surface area contributed by atoms with E-state index in [1.807, 2.05) is 0 Å². The number of halogens is 4. The molecular formula is C12H14Br4O3. The molecule has 0 aromatic rings. The number of ketones is 1. The Bertz CT molecular complexity index is 460. The van der Waals surface area contributed by atoms with Gasteiger partial charge in [0.25, 0.3) is 0 Å². The maximum absolute atomic E-state index is 12.9. The van der Waals surface area contributed by atoms with Crippen LogP contribution in [0.3, 0.4) is 0 Å². The number of rotatable bonds is 4. The standard InChI is InChI=1S/C12H14Br4O3/c1-4-5-6-9(17)11(16)8(14)7(13)10(6,15)12(11,18-2)19-3/h6H,4-5H2,1-3H3. The molecule has 0 heterocycles. The summed E-state index contributed by atoms with van der Waals surface area (Å²) in [7, 11) is 3.12. The smallest absolute Gasteiger partial charge is 0.216 e. The predicted octanol–water partition coefficient (Wildman–Crippen LogP) is 4.26. The highest BCUT2D eigenvalue weighted by Crippen LogP contribution is 2.72. The van der Waals surface area contributed by atoms with Crippen molar-refractivity contribution in [2.45, 2.75) is 34.2 Å². The van der Waals surface area contributed by atoms with E-state index in [1.54, 1.807) is 14.2 Å². The maximum atomic E-state index is 12.9. The average Bonchev–Trinajstić information content (AvgIpc) is 2.63. The van der Waals surface area contributed by atoms with Crippen LogP contribution in [-0.2, 0) is 14.3 Å². The van der Waals surface area contributed by atoms with Crippen LogP contribution in [0.4, 0.5) is 0 Å². The first-order chi connectivity index (χ1) is 8.79. The third-order valence-corrected chi connectivity index (χ3v) is 10.4. The SMILES string of the molecule is CCCC1C(=O)C2(Br)C(Br)=C(Br)C1(Br)C2(OC)OC. The van der Waals surface area contributed by atoms with Crippen molar-refractivity contribution in [3.63, 3.8) is 0 Å². The highest BCUT2D eigenvalue weighted by molar-refractivity contribution is 9.16. The molecule has 0 saturated heterocycles. The lowest BCUT2D eigenvalue weighted by Crippen LogP contribution is -2.57. The Morgan fingerprint density at radius 1 is 1.16 bits per heavy atom. The second-order valence-corrected chi connectivity index (χ2v) is 8.75. The predicted molar refractivity (Wildman–Crippen MR) is 88.4 cm³/mol. The Hall–Kier alpha value is 1.25. The van der Waals surface area contributed by atoms with Gasteiger partial charge in [-0.1, -0.05) is 77.1 Å². The average molecular weight is 526 g/mol. The summed E-state index contributed by atoms with van der Waals surface area (Å²) in [6.07, 6.45) is 1.68. The topological polar surface area (TPSA) is 35.5 Å². The van der Waals surface area contributed by atoms with E-state index in [-0.39, 0.29) is 11.7 Å². The summed E-state index contributed by atoms with van der Waals surface area (Å²) < 4.78 is 11.2. The second-order valence-electron chi connectivity index (χ2n) is 4.73. The molecule has 3 atom stereocenters. The van der Waals surface area contributed by atoms with E-state index in [4.69, 9.17) is 9.47 Å². The summed E-state index contributed by atoms with van der Waals surface area (Å²) >= 11 is 14.4. The fourth-order valence-electron chi connectivity index (χ4n) is 3.20. The molecule has 0 radical (unpaired) electrons. The van der Waals surface area contributed by atoms with E-state index >= 15 is 0 Å². The Morgan fingerprint density at radius 3 is 2.05 bits per heavy atom. The van der Waals surface area contributed by atoms with E-state index in [9.17, 15) is 4.79 Å². The van der Waals surface area contributed by atoms with Crippen LogP contribution >= 0.6 is 63.7 Å². The van der Waals surface area contributed by atoms with Crippen molar-refractivity contribution < 1.29 is 14.3 Å². The van der Waals surface area contributed by atoms with Crippen LogP contribution in [0.1, 0.15) is 19.8 Å². The quantitative estimate of drug-likeness (QED) is 0.407. The van der Waals surface area contributed by atoms with Gasteiger partial charge in [0.1, 0.15) is 4.32 Å². The highest BCUT2D eigenvalue weighted by atomic mass is 79.9. The molecule has 0 aromatic carbocycles. The maximum Gasteiger partial charge on any atom is 0.216 e. The molecule has 0 aliphatic heterocycles. The van der Waals surface area contributed by atoms with Gasteiger partial charge in [0, 0.05) is 29.1 Å². The minimum Gasteiger partial charge on any atom is -0.350 e. The van der Waals surface area contributed by atoms with Crippen LogP contribution in [-0.4, -0.2) is 34.4 Å². The molecule has 0 N–H and O–H groups in total. The number of hydrogen-bond donors (Lipinski definition) is 0. The van der Waals surface area contributed by atoms with Gasteiger partial charge in [-0.25, -0.2) is 0 Å². The van der Waals surface area contributed by atoms with Gasteiger partial charge in [-0.2, -0.15) is 0 Å². The summed E-state index contributed by atoms with van der Waals surface area (Å²) in [5.41, 5.74) is 0. The van der Waals surface area contributed by atoms with E-state index < -0.39 is 14.4 Å². The third kappa shape index (κ3) is 1.58. The minimum atomic E-state index is -1.12. The van der Waals surface area contributed by atoms with Crippen molar-refractivity contribution in [3.05, 3.63) is 8.96 Å². The zero-order chi connectivity index (χ0) is 14.6. The number of carbonyl (C=O) groups is 1. The molecule has 7 heteroatoms. The van der Waals surface area contributed by atoms with E-state index in [0.717, 1.165) is 21.8 Å². The van der Waals surface area contributed by atoms with Crippen LogP contribution in [0.25, 0.3) is 0 Å². The molecule has 3 nitrogen and oxygen atoms in total. The normalized spacial score (nSPS) is 40.4. The number of methoxy groups -OCH3 is 2. The van der Waals surface area contributed by atoms with Crippen LogP contribution < -0.4 is 0 Å². The highest BCUT2D eigenvalue weighted by Gasteiger charge is 2.83. The van der Waals surface area contributed by atoms with E-state index in [2.05, 4.69) is 70.6 Å². The fraction of sp³-hybridized carbons (Fsp3) is 0.750. The Balaban J connectivity index is 2.74. The van der Waals surface area contributed by atoms with Crippen LogP contribution in [0.15, 0.2) is 8.96 Å². The number of hydrogen-bond acceptors (Lipinski definition) is 3. The lowest BCUT2D eigenvalue weighted by atomic mass is 9.87. The lowest BCUT2D eigenvalue weighted by molar-refractivity contribution is -0.212. The van der Waals surface area contributed by atoms with E-state index in [0.29, 0.717) is 0 Å². The number of fused-ring (bicyclic) bond motifs is 2. The lowest BCUT2D eigenvalue weighted by Gasteiger charge is -2.41. The van der Waals surface area contributed by atoms with Crippen LogP contribution in [0, 0.1) is 5.92 Å². The van der Waals surface area contributed by atoms with Gasteiger partial charge in [-0.3, -0.25) is 4.79 Å². The zero-order valence-electron chi connectivity index (χ0n) is 10.7. The largest absolute Gasteiger partial charge is 0.350 e. The van der Waals surface area contributed by atoms with Gasteiger partial charge in [0.15, 0.2) is 10.1 Å². The molecular weight excluding hydrogens is 512 g/mol.